The van der Waals surface area contributed by atoms with E-state index in [1.165, 1.54) is 4.90 Å². The van der Waals surface area contributed by atoms with Gasteiger partial charge in [0.15, 0.2) is 0 Å². The molecule has 0 spiro atoms. The largest absolute Gasteiger partial charge is 0.444 e. The second-order valence-electron chi connectivity index (χ2n) is 6.44. The summed E-state index contributed by atoms with van der Waals surface area (Å²) in [7, 11) is 1.61. The number of hydrogen-bond acceptors (Lipinski definition) is 3. The summed E-state index contributed by atoms with van der Waals surface area (Å²) in [6.45, 7) is 9.55. The van der Waals surface area contributed by atoms with Gasteiger partial charge in [0.1, 0.15) is 5.60 Å². The minimum atomic E-state index is -0.572. The SMILES string of the molecule is C=C/C=C(\CCNC(=O)OC(C)(C)C)c1ccccc1N(C)C(=O)Cl. The summed E-state index contributed by atoms with van der Waals surface area (Å²) in [4.78, 5) is 24.6. The van der Waals surface area contributed by atoms with E-state index in [4.69, 9.17) is 16.3 Å². The van der Waals surface area contributed by atoms with Crippen molar-refractivity contribution in [3.8, 4) is 0 Å². The molecule has 1 rings (SSSR count). The van der Waals surface area contributed by atoms with Crippen molar-refractivity contribution in [3.05, 3.63) is 48.6 Å². The number of amides is 2. The molecule has 0 bridgehead atoms. The highest BCUT2D eigenvalue weighted by molar-refractivity contribution is 6.66. The molecule has 5 nitrogen and oxygen atoms in total. The number of benzene rings is 1. The maximum absolute atomic E-state index is 11.8. The molecule has 0 atom stereocenters. The Hall–Kier alpha value is -2.27. The summed E-state index contributed by atoms with van der Waals surface area (Å²) >= 11 is 5.60. The van der Waals surface area contributed by atoms with Gasteiger partial charge < -0.3 is 15.0 Å². The summed E-state index contributed by atoms with van der Waals surface area (Å²) in [6.07, 6.45) is 3.60. The van der Waals surface area contributed by atoms with Crippen molar-refractivity contribution in [1.29, 1.82) is 0 Å². The molecule has 6 heteroatoms. The van der Waals surface area contributed by atoms with Gasteiger partial charge in [-0.1, -0.05) is 36.9 Å². The molecule has 1 N–H and O–H groups in total. The lowest BCUT2D eigenvalue weighted by Gasteiger charge is -2.21. The van der Waals surface area contributed by atoms with Crippen LogP contribution in [-0.4, -0.2) is 30.7 Å². The van der Waals surface area contributed by atoms with Gasteiger partial charge >= 0.3 is 11.5 Å². The van der Waals surface area contributed by atoms with Crippen molar-refractivity contribution in [2.45, 2.75) is 32.8 Å². The Balaban J connectivity index is 2.89. The summed E-state index contributed by atoms with van der Waals surface area (Å²) in [5.74, 6) is 0. The molecule has 0 aliphatic carbocycles. The summed E-state index contributed by atoms with van der Waals surface area (Å²) in [6, 6.07) is 7.42. The van der Waals surface area contributed by atoms with Gasteiger partial charge in [-0.25, -0.2) is 4.79 Å². The van der Waals surface area contributed by atoms with Gasteiger partial charge in [0.2, 0.25) is 0 Å². The number of carbonyl (C=O) groups is 2. The molecular formula is C19H25ClN2O3. The number of allylic oxidation sites excluding steroid dienone is 2. The van der Waals surface area contributed by atoms with E-state index >= 15 is 0 Å². The fraction of sp³-hybridized carbons (Fsp3) is 0.368. The number of alkyl carbamates (subject to hydrolysis) is 1. The van der Waals surface area contributed by atoms with Crippen LogP contribution >= 0.6 is 11.6 Å². The maximum atomic E-state index is 11.8. The van der Waals surface area contributed by atoms with Crippen LogP contribution in [-0.2, 0) is 4.74 Å². The second-order valence-corrected chi connectivity index (χ2v) is 6.76. The zero-order valence-corrected chi connectivity index (χ0v) is 15.9. The molecule has 1 aromatic carbocycles. The average Bonchev–Trinajstić information content (AvgIpc) is 2.51. The van der Waals surface area contributed by atoms with Crippen LogP contribution < -0.4 is 10.2 Å². The van der Waals surface area contributed by atoms with Crippen LogP contribution in [0.1, 0.15) is 32.8 Å². The zero-order chi connectivity index (χ0) is 19.0. The topological polar surface area (TPSA) is 58.6 Å². The van der Waals surface area contributed by atoms with Gasteiger partial charge in [0.25, 0.3) is 0 Å². The van der Waals surface area contributed by atoms with Crippen LogP contribution in [0.5, 0.6) is 0 Å². The molecule has 136 valence electrons. The lowest BCUT2D eigenvalue weighted by molar-refractivity contribution is 0.0529. The quantitative estimate of drug-likeness (QED) is 0.440. The first-order valence-electron chi connectivity index (χ1n) is 7.96. The van der Waals surface area contributed by atoms with Crippen LogP contribution in [0, 0.1) is 0 Å². The van der Waals surface area contributed by atoms with E-state index in [-0.39, 0.29) is 0 Å². The van der Waals surface area contributed by atoms with Crippen LogP contribution in [0.2, 0.25) is 0 Å². The summed E-state index contributed by atoms with van der Waals surface area (Å²) in [5, 5.41) is 2.15. The van der Waals surface area contributed by atoms with Crippen LogP contribution in [0.4, 0.5) is 15.3 Å². The second kappa shape index (κ2) is 9.28. The van der Waals surface area contributed by atoms with Gasteiger partial charge in [-0.3, -0.25) is 4.79 Å². The average molecular weight is 365 g/mol. The number of anilines is 1. The van der Waals surface area contributed by atoms with E-state index < -0.39 is 17.1 Å². The van der Waals surface area contributed by atoms with Crippen molar-refractivity contribution < 1.29 is 14.3 Å². The number of halogens is 1. The van der Waals surface area contributed by atoms with Crippen molar-refractivity contribution in [2.24, 2.45) is 0 Å². The van der Waals surface area contributed by atoms with Gasteiger partial charge in [-0.15, -0.1) is 0 Å². The third-order valence-corrected chi connectivity index (χ3v) is 3.51. The standard InChI is InChI=1S/C19H25ClN2O3/c1-6-9-14(12-13-21-18(24)25-19(2,3)4)15-10-7-8-11-16(15)22(5)17(20)23/h6-11H,1,12-13H2,2-5H3,(H,21,24)/b14-9+. The lowest BCUT2D eigenvalue weighted by atomic mass is 9.99. The van der Waals surface area contributed by atoms with Gasteiger partial charge in [-0.05, 0) is 50.4 Å². The fourth-order valence-corrected chi connectivity index (χ4v) is 2.29. The van der Waals surface area contributed by atoms with Crippen molar-refractivity contribution >= 4 is 34.3 Å². The Morgan fingerprint density at radius 3 is 2.52 bits per heavy atom. The van der Waals surface area contributed by atoms with Crippen LogP contribution in [0.15, 0.2) is 43.0 Å². The third-order valence-electron chi connectivity index (χ3n) is 3.26. The monoisotopic (exact) mass is 364 g/mol. The van der Waals surface area contributed by atoms with Crippen molar-refractivity contribution in [1.82, 2.24) is 5.32 Å². The molecule has 0 aliphatic heterocycles. The first-order chi connectivity index (χ1) is 11.7. The molecule has 0 saturated heterocycles. The lowest BCUT2D eigenvalue weighted by Crippen LogP contribution is -2.33. The molecule has 0 unspecified atom stereocenters. The minimum Gasteiger partial charge on any atom is -0.444 e. The predicted octanol–water partition coefficient (Wildman–Crippen LogP) is 4.97. The Kier molecular flexibility index (Phi) is 7.71. The number of rotatable bonds is 6. The first kappa shape index (κ1) is 20.8. The Bertz CT molecular complexity index is 663. The highest BCUT2D eigenvalue weighted by Crippen LogP contribution is 2.29. The minimum absolute atomic E-state index is 0.390. The number of nitrogens with one attached hydrogen (secondary N) is 1. The number of hydrogen-bond donors (Lipinski definition) is 1. The fourth-order valence-electron chi connectivity index (χ4n) is 2.20. The molecule has 0 fully saturated rings. The number of nitrogens with zero attached hydrogens (tertiary/aromatic N) is 1. The zero-order valence-electron chi connectivity index (χ0n) is 15.1. The van der Waals surface area contributed by atoms with E-state index in [9.17, 15) is 9.59 Å². The van der Waals surface area contributed by atoms with Crippen molar-refractivity contribution in [2.75, 3.05) is 18.5 Å². The molecule has 0 radical (unpaired) electrons. The van der Waals surface area contributed by atoms with E-state index in [0.29, 0.717) is 18.7 Å². The van der Waals surface area contributed by atoms with E-state index in [2.05, 4.69) is 11.9 Å². The molecule has 0 heterocycles. The number of ether oxygens (including phenoxy) is 1. The van der Waals surface area contributed by atoms with E-state index in [1.54, 1.807) is 13.1 Å². The highest BCUT2D eigenvalue weighted by atomic mass is 35.5. The first-order valence-corrected chi connectivity index (χ1v) is 8.34. The molecule has 0 aliphatic rings. The Morgan fingerprint density at radius 1 is 1.32 bits per heavy atom. The predicted molar refractivity (Wildman–Crippen MR) is 103 cm³/mol. The van der Waals surface area contributed by atoms with Crippen LogP contribution in [0.3, 0.4) is 0 Å². The Morgan fingerprint density at radius 2 is 1.96 bits per heavy atom. The summed E-state index contributed by atoms with van der Waals surface area (Å²) in [5.41, 5.74) is 1.92. The molecule has 0 aromatic heterocycles. The Labute approximate surface area is 154 Å². The van der Waals surface area contributed by atoms with E-state index in [0.717, 1.165) is 11.1 Å². The van der Waals surface area contributed by atoms with Gasteiger partial charge in [0, 0.05) is 19.2 Å². The maximum Gasteiger partial charge on any atom is 0.407 e. The number of carbonyl (C=O) groups excluding carboxylic acids is 2. The van der Waals surface area contributed by atoms with E-state index in [1.807, 2.05) is 51.1 Å². The highest BCUT2D eigenvalue weighted by Gasteiger charge is 2.17. The molecule has 1 aromatic rings. The molecule has 25 heavy (non-hydrogen) atoms. The molecular weight excluding hydrogens is 340 g/mol. The number of para-hydroxylation sites is 1. The van der Waals surface area contributed by atoms with Gasteiger partial charge in [0.05, 0.1) is 5.69 Å². The normalized spacial score (nSPS) is 11.6. The van der Waals surface area contributed by atoms with Crippen LogP contribution in [0.25, 0.3) is 5.57 Å². The molecule has 2 amide bonds. The third kappa shape index (κ3) is 7.01. The van der Waals surface area contributed by atoms with Crippen molar-refractivity contribution in [3.63, 3.8) is 0 Å². The summed E-state index contributed by atoms with van der Waals surface area (Å²) < 4.78 is 5.22. The smallest absolute Gasteiger partial charge is 0.407 e. The van der Waals surface area contributed by atoms with Gasteiger partial charge in [-0.2, -0.15) is 0 Å². The molecule has 0 saturated carbocycles.